The first-order valence-electron chi connectivity index (χ1n) is 11.0. The lowest BCUT2D eigenvalue weighted by Crippen LogP contribution is -2.53. The molecule has 0 atom stereocenters. The van der Waals surface area contributed by atoms with E-state index in [9.17, 15) is 9.59 Å². The van der Waals surface area contributed by atoms with Crippen molar-refractivity contribution in [1.82, 2.24) is 9.80 Å². The number of benzene rings is 1. The van der Waals surface area contributed by atoms with Crippen LogP contribution in [0, 0.1) is 5.92 Å². The van der Waals surface area contributed by atoms with E-state index in [1.54, 1.807) is 12.1 Å². The second-order valence-electron chi connectivity index (χ2n) is 8.50. The van der Waals surface area contributed by atoms with Gasteiger partial charge in [-0.05, 0) is 49.8 Å². The van der Waals surface area contributed by atoms with E-state index in [1.165, 1.54) is 0 Å². The van der Waals surface area contributed by atoms with Crippen LogP contribution in [0.2, 0.25) is 10.0 Å². The first-order chi connectivity index (χ1) is 14.4. The van der Waals surface area contributed by atoms with E-state index in [0.29, 0.717) is 62.0 Å². The number of ether oxygens (including phenoxy) is 1. The lowest BCUT2D eigenvalue weighted by molar-refractivity contribution is -0.145. The molecule has 0 saturated carbocycles. The fourth-order valence-electron chi connectivity index (χ4n) is 4.65. The lowest BCUT2D eigenvalue weighted by Gasteiger charge is -2.42. The van der Waals surface area contributed by atoms with Crippen molar-refractivity contribution in [3.05, 3.63) is 33.8 Å². The summed E-state index contributed by atoms with van der Waals surface area (Å²) in [7, 11) is 1.88. The summed E-state index contributed by atoms with van der Waals surface area (Å²) in [5, 5.41) is 1.09. The van der Waals surface area contributed by atoms with Crippen molar-refractivity contribution in [2.45, 2.75) is 50.9 Å². The van der Waals surface area contributed by atoms with Crippen LogP contribution < -0.4 is 0 Å². The van der Waals surface area contributed by atoms with Crippen LogP contribution in [-0.4, -0.2) is 61.5 Å². The number of halogens is 2. The molecule has 2 aliphatic heterocycles. The van der Waals surface area contributed by atoms with E-state index in [2.05, 4.69) is 6.92 Å². The van der Waals surface area contributed by atoms with Crippen molar-refractivity contribution in [2.75, 3.05) is 39.9 Å². The van der Waals surface area contributed by atoms with E-state index in [-0.39, 0.29) is 17.7 Å². The molecule has 0 spiro atoms. The van der Waals surface area contributed by atoms with Gasteiger partial charge in [-0.2, -0.15) is 0 Å². The van der Waals surface area contributed by atoms with Gasteiger partial charge in [-0.25, -0.2) is 0 Å². The Bertz CT molecular complexity index is 757. The van der Waals surface area contributed by atoms with Crippen LogP contribution >= 0.6 is 23.2 Å². The molecular weight excluding hydrogens is 423 g/mol. The quantitative estimate of drug-likeness (QED) is 0.633. The standard InChI is InChI=1S/C23H32Cl2N2O3/c1-3-4-11-26(2)21(28)17-7-12-27(13-8-17)22(29)23(9-14-30-15-10-23)19-6-5-18(24)16-20(19)25/h5-6,16-17H,3-4,7-15H2,1-2H3. The summed E-state index contributed by atoms with van der Waals surface area (Å²) in [6.07, 6.45) is 4.72. The van der Waals surface area contributed by atoms with E-state index in [0.717, 1.165) is 24.9 Å². The molecule has 3 rings (SSSR count). The molecule has 2 fully saturated rings. The molecule has 0 N–H and O–H groups in total. The van der Waals surface area contributed by atoms with Gasteiger partial charge >= 0.3 is 0 Å². The summed E-state index contributed by atoms with van der Waals surface area (Å²) in [6, 6.07) is 5.39. The highest BCUT2D eigenvalue weighted by Gasteiger charge is 2.46. The number of hydrogen-bond acceptors (Lipinski definition) is 3. The Balaban J connectivity index is 1.72. The number of hydrogen-bond donors (Lipinski definition) is 0. The summed E-state index contributed by atoms with van der Waals surface area (Å²) in [5.74, 6) is 0.304. The predicted molar refractivity (Wildman–Crippen MR) is 120 cm³/mol. The van der Waals surface area contributed by atoms with Gasteiger partial charge in [-0.1, -0.05) is 42.6 Å². The first kappa shape index (κ1) is 23.4. The SMILES string of the molecule is CCCCN(C)C(=O)C1CCN(C(=O)C2(c3ccc(Cl)cc3Cl)CCOCC2)CC1. The van der Waals surface area contributed by atoms with E-state index in [4.69, 9.17) is 27.9 Å². The van der Waals surface area contributed by atoms with Gasteiger partial charge in [0.15, 0.2) is 0 Å². The van der Waals surface area contributed by atoms with Crippen molar-refractivity contribution in [2.24, 2.45) is 5.92 Å². The zero-order chi connectivity index (χ0) is 21.7. The van der Waals surface area contributed by atoms with Crippen molar-refractivity contribution in [3.63, 3.8) is 0 Å². The lowest BCUT2D eigenvalue weighted by atomic mass is 9.72. The van der Waals surface area contributed by atoms with Crippen LogP contribution in [0.1, 0.15) is 51.0 Å². The number of amides is 2. The van der Waals surface area contributed by atoms with Crippen LogP contribution in [0.4, 0.5) is 0 Å². The second kappa shape index (κ2) is 10.3. The Labute approximate surface area is 189 Å². The molecule has 2 aliphatic rings. The minimum Gasteiger partial charge on any atom is -0.381 e. The molecule has 2 saturated heterocycles. The molecule has 0 bridgehead atoms. The smallest absolute Gasteiger partial charge is 0.233 e. The molecule has 2 heterocycles. The Kier molecular flexibility index (Phi) is 8.05. The number of piperidine rings is 1. The largest absolute Gasteiger partial charge is 0.381 e. The van der Waals surface area contributed by atoms with Gasteiger partial charge in [-0.3, -0.25) is 9.59 Å². The highest BCUT2D eigenvalue weighted by Crippen LogP contribution is 2.41. The number of rotatable bonds is 6. The molecule has 5 nitrogen and oxygen atoms in total. The number of unbranched alkanes of at least 4 members (excludes halogenated alkanes) is 1. The molecule has 0 radical (unpaired) electrons. The van der Waals surface area contributed by atoms with Gasteiger partial charge in [0.2, 0.25) is 11.8 Å². The Morgan fingerprint density at radius 2 is 1.87 bits per heavy atom. The maximum Gasteiger partial charge on any atom is 0.233 e. The Morgan fingerprint density at radius 1 is 1.20 bits per heavy atom. The maximum atomic E-state index is 13.7. The third-order valence-electron chi connectivity index (χ3n) is 6.56. The van der Waals surface area contributed by atoms with Crippen molar-refractivity contribution in [1.29, 1.82) is 0 Å². The molecule has 166 valence electrons. The average Bonchev–Trinajstić information content (AvgIpc) is 2.77. The number of carbonyl (C=O) groups is 2. The van der Waals surface area contributed by atoms with Gasteiger partial charge in [0.1, 0.15) is 0 Å². The monoisotopic (exact) mass is 454 g/mol. The van der Waals surface area contributed by atoms with Crippen LogP contribution in [0.15, 0.2) is 18.2 Å². The van der Waals surface area contributed by atoms with Crippen LogP contribution in [-0.2, 0) is 19.7 Å². The number of likely N-dealkylation sites (tertiary alicyclic amines) is 1. The highest BCUT2D eigenvalue weighted by atomic mass is 35.5. The molecule has 1 aromatic rings. The normalized spacial score (nSPS) is 19.5. The van der Waals surface area contributed by atoms with Crippen molar-refractivity contribution in [3.8, 4) is 0 Å². The van der Waals surface area contributed by atoms with Crippen molar-refractivity contribution < 1.29 is 14.3 Å². The summed E-state index contributed by atoms with van der Waals surface area (Å²) in [6.45, 7) is 5.19. The first-order valence-corrected chi connectivity index (χ1v) is 11.7. The Morgan fingerprint density at radius 3 is 2.47 bits per heavy atom. The van der Waals surface area contributed by atoms with Gasteiger partial charge in [0.05, 0.1) is 5.41 Å². The fourth-order valence-corrected chi connectivity index (χ4v) is 5.23. The highest BCUT2D eigenvalue weighted by molar-refractivity contribution is 6.35. The number of nitrogens with zero attached hydrogens (tertiary/aromatic N) is 2. The third kappa shape index (κ3) is 4.95. The minimum absolute atomic E-state index is 0.000616. The third-order valence-corrected chi connectivity index (χ3v) is 7.10. The van der Waals surface area contributed by atoms with Crippen LogP contribution in [0.5, 0.6) is 0 Å². The topological polar surface area (TPSA) is 49.9 Å². The van der Waals surface area contributed by atoms with E-state index < -0.39 is 5.41 Å². The van der Waals surface area contributed by atoms with Gasteiger partial charge in [0, 0.05) is 55.9 Å². The molecular formula is C23H32Cl2N2O3. The zero-order valence-electron chi connectivity index (χ0n) is 18.0. The molecule has 0 aromatic heterocycles. The second-order valence-corrected chi connectivity index (χ2v) is 9.34. The van der Waals surface area contributed by atoms with Gasteiger partial charge < -0.3 is 14.5 Å². The average molecular weight is 455 g/mol. The van der Waals surface area contributed by atoms with Crippen molar-refractivity contribution >= 4 is 35.0 Å². The molecule has 30 heavy (non-hydrogen) atoms. The number of carbonyl (C=O) groups excluding carboxylic acids is 2. The predicted octanol–water partition coefficient (Wildman–Crippen LogP) is 4.54. The zero-order valence-corrected chi connectivity index (χ0v) is 19.5. The Hall–Kier alpha value is -1.30. The van der Waals surface area contributed by atoms with E-state index in [1.807, 2.05) is 22.9 Å². The van der Waals surface area contributed by atoms with Gasteiger partial charge in [-0.15, -0.1) is 0 Å². The summed E-state index contributed by atoms with van der Waals surface area (Å²) in [4.78, 5) is 30.2. The summed E-state index contributed by atoms with van der Waals surface area (Å²) in [5.41, 5.74) is 0.147. The van der Waals surface area contributed by atoms with Crippen LogP contribution in [0.3, 0.4) is 0 Å². The molecule has 0 aliphatic carbocycles. The van der Waals surface area contributed by atoms with Gasteiger partial charge in [0.25, 0.3) is 0 Å². The fraction of sp³-hybridized carbons (Fsp3) is 0.652. The molecule has 0 unspecified atom stereocenters. The summed E-state index contributed by atoms with van der Waals surface area (Å²) < 4.78 is 5.56. The minimum atomic E-state index is -0.686. The van der Waals surface area contributed by atoms with Crippen LogP contribution in [0.25, 0.3) is 0 Å². The molecule has 2 amide bonds. The molecule has 1 aromatic carbocycles. The maximum absolute atomic E-state index is 13.7. The molecule has 7 heteroatoms. The van der Waals surface area contributed by atoms with E-state index >= 15 is 0 Å². The summed E-state index contributed by atoms with van der Waals surface area (Å²) >= 11 is 12.6.